The number of benzene rings is 1. The first-order valence-electron chi connectivity index (χ1n) is 12.2. The van der Waals surface area contributed by atoms with Crippen LogP contribution in [-0.4, -0.2) is 9.97 Å². The lowest BCUT2D eigenvalue weighted by atomic mass is 9.75. The molecule has 4 heteroatoms. The first kappa shape index (κ1) is 24.8. The molecule has 1 unspecified atom stereocenters. The number of hydrogen-bond donors (Lipinski definition) is 0. The van der Waals surface area contributed by atoms with Crippen molar-refractivity contribution in [3.8, 4) is 11.1 Å². The van der Waals surface area contributed by atoms with Crippen LogP contribution in [0.1, 0.15) is 73.7 Å². The van der Waals surface area contributed by atoms with Gasteiger partial charge in [-0.05, 0) is 78.5 Å². The van der Waals surface area contributed by atoms with Gasteiger partial charge in [-0.25, -0.2) is 9.97 Å². The van der Waals surface area contributed by atoms with Crippen molar-refractivity contribution in [2.24, 2.45) is 5.41 Å². The summed E-state index contributed by atoms with van der Waals surface area (Å²) < 4.78 is 1.24. The van der Waals surface area contributed by atoms with Gasteiger partial charge < -0.3 is 0 Å². The highest BCUT2D eigenvalue weighted by molar-refractivity contribution is 7.19. The molecule has 2 nitrogen and oxygen atoms in total. The van der Waals surface area contributed by atoms with E-state index in [2.05, 4.69) is 79.8 Å². The summed E-state index contributed by atoms with van der Waals surface area (Å²) in [5.41, 5.74) is 8.74. The summed E-state index contributed by atoms with van der Waals surface area (Å²) in [5, 5.41) is 2.44. The van der Waals surface area contributed by atoms with Gasteiger partial charge in [-0.3, -0.25) is 0 Å². The van der Waals surface area contributed by atoms with Crippen molar-refractivity contribution in [2.75, 3.05) is 0 Å². The van der Waals surface area contributed by atoms with Crippen molar-refractivity contribution in [3.05, 3.63) is 69.7 Å². The van der Waals surface area contributed by atoms with Gasteiger partial charge in [-0.15, -0.1) is 22.7 Å². The summed E-state index contributed by atoms with van der Waals surface area (Å²) >= 11 is 3.63. The van der Waals surface area contributed by atoms with E-state index in [9.17, 15) is 0 Å². The average molecular weight is 489 g/mol. The summed E-state index contributed by atoms with van der Waals surface area (Å²) in [5.74, 6) is 0.165. The fourth-order valence-corrected chi connectivity index (χ4v) is 7.24. The van der Waals surface area contributed by atoms with Gasteiger partial charge in [0.25, 0.3) is 0 Å². The molecule has 4 aromatic rings. The molecule has 0 aliphatic rings. The largest absolute Gasteiger partial charge is 0.242 e. The maximum Gasteiger partial charge on any atom is 0.124 e. The average Bonchev–Trinajstić information content (AvgIpc) is 3.33. The molecule has 3 heterocycles. The third-order valence-corrected chi connectivity index (χ3v) is 8.79. The second-order valence-corrected chi connectivity index (χ2v) is 12.7. The molecular formula is C30H36N2S2. The van der Waals surface area contributed by atoms with Crippen LogP contribution >= 0.6 is 22.7 Å². The summed E-state index contributed by atoms with van der Waals surface area (Å²) in [4.78, 5) is 12.5. The minimum Gasteiger partial charge on any atom is -0.242 e. The number of thiazole rings is 1. The Hall–Kier alpha value is -2.30. The van der Waals surface area contributed by atoms with Crippen molar-refractivity contribution in [2.45, 2.75) is 73.6 Å². The molecule has 1 atom stereocenters. The first-order valence-corrected chi connectivity index (χ1v) is 13.8. The number of nitrogens with zero attached hydrogens (tertiary/aromatic N) is 2. The molecule has 3 aromatic heterocycles. The van der Waals surface area contributed by atoms with Crippen LogP contribution in [-0.2, 0) is 12.8 Å². The van der Waals surface area contributed by atoms with Crippen molar-refractivity contribution in [3.63, 3.8) is 0 Å². The smallest absolute Gasteiger partial charge is 0.124 e. The predicted molar refractivity (Wildman–Crippen MR) is 153 cm³/mol. The molecule has 0 saturated carbocycles. The highest BCUT2D eigenvalue weighted by atomic mass is 32.1. The Bertz CT molecular complexity index is 1400. The molecule has 0 amide bonds. The van der Waals surface area contributed by atoms with Crippen LogP contribution in [0.25, 0.3) is 31.6 Å². The Kier molecular flexibility index (Phi) is 6.85. The second-order valence-electron chi connectivity index (χ2n) is 10.4. The van der Waals surface area contributed by atoms with E-state index in [0.29, 0.717) is 0 Å². The van der Waals surface area contributed by atoms with E-state index < -0.39 is 0 Å². The molecule has 0 aliphatic carbocycles. The molecule has 1 aromatic carbocycles. The van der Waals surface area contributed by atoms with Crippen LogP contribution in [0.15, 0.2) is 43.0 Å². The Morgan fingerprint density at radius 1 is 1.09 bits per heavy atom. The zero-order valence-electron chi connectivity index (χ0n) is 21.6. The lowest BCUT2D eigenvalue weighted by Gasteiger charge is -2.30. The van der Waals surface area contributed by atoms with E-state index in [-0.39, 0.29) is 11.3 Å². The molecule has 0 radical (unpaired) electrons. The molecule has 0 fully saturated rings. The second kappa shape index (κ2) is 9.39. The van der Waals surface area contributed by atoms with Crippen LogP contribution in [0, 0.1) is 19.3 Å². The van der Waals surface area contributed by atoms with E-state index in [1.165, 1.54) is 37.2 Å². The molecule has 178 valence electrons. The Balaban J connectivity index is 2.15. The van der Waals surface area contributed by atoms with Gasteiger partial charge in [0, 0.05) is 21.9 Å². The standard InChI is InChI=1S/C30H36N2S2/c1-10-17(4)22(16-30(7,8)9)26-18(5)31-29-28(21(11-2)24(12-3)34-29)27(26)20-13-14-23-25(15-20)33-19(6)32-23/h10,13-15,22H,1,4,11-12,16H2,2-3,5-9H3. The zero-order valence-corrected chi connectivity index (χ0v) is 23.3. The van der Waals surface area contributed by atoms with E-state index in [0.717, 1.165) is 45.9 Å². The van der Waals surface area contributed by atoms with E-state index in [1.807, 2.05) is 17.4 Å². The number of aryl methyl sites for hydroxylation is 4. The fraction of sp³-hybridized carbons (Fsp3) is 0.400. The minimum atomic E-state index is 0.144. The van der Waals surface area contributed by atoms with Crippen molar-refractivity contribution in [1.29, 1.82) is 0 Å². The van der Waals surface area contributed by atoms with E-state index in [1.54, 1.807) is 11.3 Å². The highest BCUT2D eigenvalue weighted by Crippen LogP contribution is 2.47. The van der Waals surface area contributed by atoms with Crippen LogP contribution < -0.4 is 0 Å². The topological polar surface area (TPSA) is 25.8 Å². The summed E-state index contributed by atoms with van der Waals surface area (Å²) in [6.45, 7) is 24.3. The zero-order chi connectivity index (χ0) is 24.8. The number of rotatable bonds is 7. The number of thiophene rings is 1. The SMILES string of the molecule is C=CC(=C)C(CC(C)(C)C)c1c(C)nc2sc(CC)c(CC)c2c1-c1ccc2nc(C)sc2c1. The number of aromatic nitrogens is 2. The van der Waals surface area contributed by atoms with Gasteiger partial charge >= 0.3 is 0 Å². The molecule has 0 spiro atoms. The normalized spacial score (nSPS) is 13.0. The van der Waals surface area contributed by atoms with Crippen LogP contribution in [0.3, 0.4) is 0 Å². The minimum absolute atomic E-state index is 0.144. The number of pyridine rings is 1. The van der Waals surface area contributed by atoms with E-state index >= 15 is 0 Å². The fourth-order valence-electron chi connectivity index (χ4n) is 5.12. The predicted octanol–water partition coefficient (Wildman–Crippen LogP) is 9.58. The maximum atomic E-state index is 5.21. The quantitative estimate of drug-likeness (QED) is 0.242. The van der Waals surface area contributed by atoms with Gasteiger partial charge in [0.05, 0.1) is 15.2 Å². The Morgan fingerprint density at radius 3 is 2.44 bits per heavy atom. The monoisotopic (exact) mass is 488 g/mol. The number of hydrogen-bond acceptors (Lipinski definition) is 4. The first-order chi connectivity index (χ1) is 16.1. The Morgan fingerprint density at radius 2 is 1.82 bits per heavy atom. The van der Waals surface area contributed by atoms with Crippen molar-refractivity contribution < 1.29 is 0 Å². The molecule has 4 rings (SSSR count). The Labute approximate surface area is 212 Å². The van der Waals surface area contributed by atoms with Gasteiger partial charge in [-0.1, -0.05) is 59.9 Å². The highest BCUT2D eigenvalue weighted by Gasteiger charge is 2.29. The van der Waals surface area contributed by atoms with Crippen molar-refractivity contribution in [1.82, 2.24) is 9.97 Å². The molecule has 0 N–H and O–H groups in total. The maximum absolute atomic E-state index is 5.21. The van der Waals surface area contributed by atoms with Crippen LogP contribution in [0.2, 0.25) is 0 Å². The van der Waals surface area contributed by atoms with Crippen LogP contribution in [0.5, 0.6) is 0 Å². The van der Waals surface area contributed by atoms with Gasteiger partial charge in [0.2, 0.25) is 0 Å². The summed E-state index contributed by atoms with van der Waals surface area (Å²) in [6, 6.07) is 6.78. The lowest BCUT2D eigenvalue weighted by Crippen LogP contribution is -2.15. The molecule has 0 saturated heterocycles. The number of fused-ring (bicyclic) bond motifs is 2. The van der Waals surface area contributed by atoms with Gasteiger partial charge in [-0.2, -0.15) is 0 Å². The molecule has 0 aliphatic heterocycles. The summed E-state index contributed by atoms with van der Waals surface area (Å²) in [6.07, 6.45) is 4.98. The van der Waals surface area contributed by atoms with Crippen molar-refractivity contribution >= 4 is 43.1 Å². The molecule has 34 heavy (non-hydrogen) atoms. The summed E-state index contributed by atoms with van der Waals surface area (Å²) in [7, 11) is 0. The van der Waals surface area contributed by atoms with Gasteiger partial charge in [0.1, 0.15) is 4.83 Å². The lowest BCUT2D eigenvalue weighted by molar-refractivity contribution is 0.357. The number of allylic oxidation sites excluding steroid dienone is 2. The molecule has 0 bridgehead atoms. The van der Waals surface area contributed by atoms with E-state index in [4.69, 9.17) is 9.97 Å². The molecular weight excluding hydrogens is 452 g/mol. The third-order valence-electron chi connectivity index (χ3n) is 6.58. The van der Waals surface area contributed by atoms with Gasteiger partial charge in [0.15, 0.2) is 0 Å². The van der Waals surface area contributed by atoms with Crippen LogP contribution in [0.4, 0.5) is 0 Å². The third kappa shape index (κ3) is 4.50.